The second kappa shape index (κ2) is 7.26. The number of benzene rings is 3. The van der Waals surface area contributed by atoms with Crippen LogP contribution >= 0.6 is 0 Å². The highest BCUT2D eigenvalue weighted by atomic mass is 16.3. The summed E-state index contributed by atoms with van der Waals surface area (Å²) in [6.07, 6.45) is 0. The number of pyridine rings is 1. The molecule has 3 aromatic carbocycles. The minimum Gasteiger partial charge on any atom is -0.506 e. The number of rotatable bonds is 4. The van der Waals surface area contributed by atoms with Gasteiger partial charge >= 0.3 is 0 Å². The molecule has 4 aromatic rings. The van der Waals surface area contributed by atoms with E-state index in [2.05, 4.69) is 4.98 Å². The SMILES string of the molecule is O=C(C(=C(O)c1ccccc1)c1ccc2ccccc2n1)c1ccccc1. The molecule has 0 fully saturated rings. The second-order valence-corrected chi connectivity index (χ2v) is 6.17. The van der Waals surface area contributed by atoms with Crippen molar-refractivity contribution in [3.63, 3.8) is 0 Å². The molecule has 1 N–H and O–H groups in total. The summed E-state index contributed by atoms with van der Waals surface area (Å²) in [5, 5.41) is 11.9. The molecule has 3 nitrogen and oxygen atoms in total. The lowest BCUT2D eigenvalue weighted by atomic mass is 9.96. The number of allylic oxidation sites excluding steroid dienone is 1. The summed E-state index contributed by atoms with van der Waals surface area (Å²) in [5.41, 5.74) is 2.49. The van der Waals surface area contributed by atoms with Gasteiger partial charge in [-0.15, -0.1) is 0 Å². The van der Waals surface area contributed by atoms with Gasteiger partial charge in [-0.25, -0.2) is 4.98 Å². The molecule has 3 heteroatoms. The average molecular weight is 351 g/mol. The van der Waals surface area contributed by atoms with E-state index in [0.717, 1.165) is 10.9 Å². The highest BCUT2D eigenvalue weighted by Gasteiger charge is 2.21. The van der Waals surface area contributed by atoms with E-state index in [1.165, 1.54) is 0 Å². The van der Waals surface area contributed by atoms with Crippen LogP contribution in [0.15, 0.2) is 97.1 Å². The Morgan fingerprint density at radius 1 is 0.667 bits per heavy atom. The van der Waals surface area contributed by atoms with Crippen LogP contribution in [-0.4, -0.2) is 15.9 Å². The van der Waals surface area contributed by atoms with Crippen molar-refractivity contribution in [3.05, 3.63) is 114 Å². The van der Waals surface area contributed by atoms with Gasteiger partial charge in [0, 0.05) is 16.5 Å². The van der Waals surface area contributed by atoms with Gasteiger partial charge in [-0.05, 0) is 12.1 Å². The third-order valence-corrected chi connectivity index (χ3v) is 4.40. The topological polar surface area (TPSA) is 50.2 Å². The van der Waals surface area contributed by atoms with E-state index in [9.17, 15) is 9.90 Å². The van der Waals surface area contributed by atoms with Crippen molar-refractivity contribution in [2.75, 3.05) is 0 Å². The largest absolute Gasteiger partial charge is 0.506 e. The van der Waals surface area contributed by atoms with Crippen molar-refractivity contribution in [3.8, 4) is 0 Å². The fourth-order valence-corrected chi connectivity index (χ4v) is 3.02. The molecule has 1 aromatic heterocycles. The first-order valence-electron chi connectivity index (χ1n) is 8.68. The summed E-state index contributed by atoms with van der Waals surface area (Å²) in [7, 11) is 0. The van der Waals surface area contributed by atoms with Gasteiger partial charge in [0.1, 0.15) is 5.76 Å². The molecule has 0 atom stereocenters. The Bertz CT molecular complexity index is 1130. The van der Waals surface area contributed by atoms with Crippen LogP contribution in [0.5, 0.6) is 0 Å². The normalized spacial score (nSPS) is 11.9. The van der Waals surface area contributed by atoms with Crippen molar-refractivity contribution < 1.29 is 9.90 Å². The van der Waals surface area contributed by atoms with Gasteiger partial charge in [0.15, 0.2) is 5.78 Å². The van der Waals surface area contributed by atoms with Gasteiger partial charge in [-0.2, -0.15) is 0 Å². The molecule has 0 unspecified atom stereocenters. The van der Waals surface area contributed by atoms with Crippen molar-refractivity contribution >= 4 is 28.0 Å². The Morgan fingerprint density at radius 2 is 1.26 bits per heavy atom. The summed E-state index contributed by atoms with van der Waals surface area (Å²) < 4.78 is 0. The first-order chi connectivity index (χ1) is 13.2. The van der Waals surface area contributed by atoms with Gasteiger partial charge in [0.2, 0.25) is 0 Å². The third-order valence-electron chi connectivity index (χ3n) is 4.40. The average Bonchev–Trinajstić information content (AvgIpc) is 2.75. The van der Waals surface area contributed by atoms with E-state index in [1.54, 1.807) is 42.5 Å². The fourth-order valence-electron chi connectivity index (χ4n) is 3.02. The lowest BCUT2D eigenvalue weighted by Gasteiger charge is -2.11. The number of fused-ring (bicyclic) bond motifs is 1. The van der Waals surface area contributed by atoms with Gasteiger partial charge in [0.05, 0.1) is 16.8 Å². The molecule has 0 spiro atoms. The van der Waals surface area contributed by atoms with Crippen molar-refractivity contribution in [2.45, 2.75) is 0 Å². The lowest BCUT2D eigenvalue weighted by Crippen LogP contribution is -2.07. The molecule has 0 aliphatic rings. The lowest BCUT2D eigenvalue weighted by molar-refractivity contribution is 0.105. The molecule has 0 bridgehead atoms. The van der Waals surface area contributed by atoms with Crippen LogP contribution in [0, 0.1) is 0 Å². The van der Waals surface area contributed by atoms with E-state index < -0.39 is 0 Å². The van der Waals surface area contributed by atoms with E-state index in [4.69, 9.17) is 0 Å². The fraction of sp³-hybridized carbons (Fsp3) is 0. The molecule has 130 valence electrons. The number of hydrogen-bond donors (Lipinski definition) is 1. The number of Topliss-reactive ketones (excluding diaryl/α,β-unsaturated/α-hetero) is 1. The third kappa shape index (κ3) is 3.35. The molecule has 0 saturated carbocycles. The highest BCUT2D eigenvalue weighted by molar-refractivity contribution is 6.33. The number of aromatic nitrogens is 1. The molecular weight excluding hydrogens is 334 g/mol. The van der Waals surface area contributed by atoms with E-state index >= 15 is 0 Å². The van der Waals surface area contributed by atoms with Crippen LogP contribution < -0.4 is 0 Å². The van der Waals surface area contributed by atoms with Crippen molar-refractivity contribution in [2.24, 2.45) is 0 Å². The van der Waals surface area contributed by atoms with Crippen LogP contribution in [0.1, 0.15) is 21.6 Å². The summed E-state index contributed by atoms with van der Waals surface area (Å²) in [5.74, 6) is -0.341. The van der Waals surface area contributed by atoms with Crippen molar-refractivity contribution in [1.29, 1.82) is 0 Å². The maximum atomic E-state index is 13.2. The zero-order valence-corrected chi connectivity index (χ0v) is 14.5. The molecule has 0 aliphatic heterocycles. The maximum Gasteiger partial charge on any atom is 0.198 e. The Balaban J connectivity index is 1.94. The number of aliphatic hydroxyl groups is 1. The molecule has 0 amide bonds. The van der Waals surface area contributed by atoms with Crippen LogP contribution in [0.25, 0.3) is 22.2 Å². The first kappa shape index (κ1) is 16.7. The minimum atomic E-state index is -0.264. The van der Waals surface area contributed by atoms with Gasteiger partial charge in [-0.3, -0.25) is 4.79 Å². The summed E-state index contributed by atoms with van der Waals surface area (Å²) in [4.78, 5) is 17.9. The number of hydrogen-bond acceptors (Lipinski definition) is 3. The Kier molecular flexibility index (Phi) is 4.50. The van der Waals surface area contributed by atoms with E-state index in [0.29, 0.717) is 16.8 Å². The molecule has 0 aliphatic carbocycles. The molecule has 0 saturated heterocycles. The zero-order chi connectivity index (χ0) is 18.6. The van der Waals surface area contributed by atoms with Crippen LogP contribution in [0.2, 0.25) is 0 Å². The van der Waals surface area contributed by atoms with Crippen LogP contribution in [0.4, 0.5) is 0 Å². The minimum absolute atomic E-state index is 0.0766. The summed E-state index contributed by atoms with van der Waals surface area (Å²) >= 11 is 0. The Hall–Kier alpha value is -3.72. The number of carbonyl (C=O) groups is 1. The smallest absolute Gasteiger partial charge is 0.198 e. The second-order valence-electron chi connectivity index (χ2n) is 6.17. The predicted octanol–water partition coefficient (Wildman–Crippen LogP) is 5.54. The Morgan fingerprint density at radius 3 is 1.96 bits per heavy atom. The Labute approximate surface area is 157 Å². The summed E-state index contributed by atoms with van der Waals surface area (Å²) in [6.45, 7) is 0. The predicted molar refractivity (Wildman–Crippen MR) is 108 cm³/mol. The molecule has 1 heterocycles. The maximum absolute atomic E-state index is 13.2. The van der Waals surface area contributed by atoms with Gasteiger partial charge in [-0.1, -0.05) is 84.9 Å². The summed E-state index contributed by atoms with van der Waals surface area (Å²) in [6, 6.07) is 29.4. The number of ketones is 1. The number of nitrogens with zero attached hydrogens (tertiary/aromatic N) is 1. The highest BCUT2D eigenvalue weighted by Crippen LogP contribution is 2.28. The standard InChI is InChI=1S/C24H17NO2/c26-23(18-10-3-1-4-11-18)22(24(27)19-12-5-2-6-13-19)21-16-15-17-9-7-8-14-20(17)25-21/h1-16,26H. The number of para-hydroxylation sites is 1. The van der Waals surface area contributed by atoms with E-state index in [-0.39, 0.29) is 17.1 Å². The molecule has 0 radical (unpaired) electrons. The van der Waals surface area contributed by atoms with Gasteiger partial charge in [0.25, 0.3) is 0 Å². The molecule has 4 rings (SSSR count). The molecular formula is C24H17NO2. The zero-order valence-electron chi connectivity index (χ0n) is 14.5. The first-order valence-corrected chi connectivity index (χ1v) is 8.68. The number of carbonyl (C=O) groups excluding carboxylic acids is 1. The van der Waals surface area contributed by atoms with Gasteiger partial charge < -0.3 is 5.11 Å². The van der Waals surface area contributed by atoms with Crippen LogP contribution in [0.3, 0.4) is 0 Å². The quantitative estimate of drug-likeness (QED) is 0.298. The molecule has 27 heavy (non-hydrogen) atoms. The monoisotopic (exact) mass is 351 g/mol. The number of aliphatic hydroxyl groups excluding tert-OH is 1. The van der Waals surface area contributed by atoms with E-state index in [1.807, 2.05) is 54.6 Å². The van der Waals surface area contributed by atoms with Crippen LogP contribution in [-0.2, 0) is 0 Å². The van der Waals surface area contributed by atoms with Crippen molar-refractivity contribution in [1.82, 2.24) is 4.98 Å².